The predicted octanol–water partition coefficient (Wildman–Crippen LogP) is 3.45. The zero-order valence-corrected chi connectivity index (χ0v) is 12.8. The van der Waals surface area contributed by atoms with Crippen molar-refractivity contribution in [2.45, 2.75) is 46.3 Å². The summed E-state index contributed by atoms with van der Waals surface area (Å²) in [6.45, 7) is 15.8. The van der Waals surface area contributed by atoms with Crippen molar-refractivity contribution in [3.05, 3.63) is 48.0 Å². The van der Waals surface area contributed by atoms with Crippen LogP contribution in [0, 0.1) is 0 Å². The lowest BCUT2D eigenvalue weighted by Crippen LogP contribution is -2.35. The minimum absolute atomic E-state index is 0.512. The molecular weight excluding hydrogens is 232 g/mol. The Morgan fingerprint density at radius 3 is 2.32 bits per heavy atom. The van der Waals surface area contributed by atoms with E-state index in [0.717, 1.165) is 19.6 Å². The van der Waals surface area contributed by atoms with E-state index in [9.17, 15) is 0 Å². The molecule has 0 saturated heterocycles. The van der Waals surface area contributed by atoms with Crippen molar-refractivity contribution in [3.8, 4) is 0 Å². The maximum atomic E-state index is 4.19. The maximum absolute atomic E-state index is 4.19. The molecule has 1 rings (SSSR count). The van der Waals surface area contributed by atoms with Crippen LogP contribution >= 0.6 is 0 Å². The fourth-order valence-electron chi connectivity index (χ4n) is 1.93. The summed E-state index contributed by atoms with van der Waals surface area (Å²) in [6.07, 6.45) is 0. The first-order valence-corrected chi connectivity index (χ1v) is 7.17. The van der Waals surface area contributed by atoms with Gasteiger partial charge in [-0.05, 0) is 25.0 Å². The zero-order valence-electron chi connectivity index (χ0n) is 12.8. The number of hydrogen-bond acceptors (Lipinski definition) is 2. The molecule has 0 fully saturated rings. The van der Waals surface area contributed by atoms with Gasteiger partial charge in [0.1, 0.15) is 0 Å². The van der Waals surface area contributed by atoms with E-state index in [2.05, 4.69) is 74.8 Å². The second-order valence-corrected chi connectivity index (χ2v) is 5.77. The van der Waals surface area contributed by atoms with E-state index >= 15 is 0 Å². The predicted molar refractivity (Wildman–Crippen MR) is 84.3 cm³/mol. The van der Waals surface area contributed by atoms with Gasteiger partial charge in [-0.15, -0.1) is 0 Å². The van der Waals surface area contributed by atoms with Gasteiger partial charge in [-0.2, -0.15) is 0 Å². The molecule has 0 heterocycles. The van der Waals surface area contributed by atoms with Gasteiger partial charge in [-0.1, -0.05) is 50.8 Å². The topological polar surface area (TPSA) is 15.3 Å². The summed E-state index contributed by atoms with van der Waals surface area (Å²) in [6, 6.07) is 11.7. The van der Waals surface area contributed by atoms with Crippen molar-refractivity contribution in [1.82, 2.24) is 10.2 Å². The van der Waals surface area contributed by atoms with Crippen LogP contribution in [-0.4, -0.2) is 30.1 Å². The van der Waals surface area contributed by atoms with Crippen LogP contribution in [0.15, 0.2) is 42.5 Å². The first-order valence-electron chi connectivity index (χ1n) is 7.17. The Morgan fingerprint density at radius 1 is 1.16 bits per heavy atom. The number of hydrogen-bond donors (Lipinski definition) is 1. The minimum atomic E-state index is 0.512. The van der Waals surface area contributed by atoms with Crippen LogP contribution < -0.4 is 5.32 Å². The maximum Gasteiger partial charge on any atom is 0.0239 e. The Bertz CT molecular complexity index is 368. The molecule has 1 aromatic carbocycles. The lowest BCUT2D eigenvalue weighted by atomic mass is 10.1. The summed E-state index contributed by atoms with van der Waals surface area (Å²) >= 11 is 0. The molecule has 106 valence electrons. The Labute approximate surface area is 118 Å². The summed E-state index contributed by atoms with van der Waals surface area (Å²) in [5.41, 5.74) is 2.61. The van der Waals surface area contributed by atoms with Crippen molar-refractivity contribution in [1.29, 1.82) is 0 Å². The van der Waals surface area contributed by atoms with Gasteiger partial charge in [0.2, 0.25) is 0 Å². The lowest BCUT2D eigenvalue weighted by Gasteiger charge is -2.27. The number of rotatable bonds is 8. The van der Waals surface area contributed by atoms with E-state index in [1.54, 1.807) is 0 Å². The summed E-state index contributed by atoms with van der Waals surface area (Å²) in [7, 11) is 0. The lowest BCUT2D eigenvalue weighted by molar-refractivity contribution is 0.230. The Kier molecular flexibility index (Phi) is 6.82. The van der Waals surface area contributed by atoms with E-state index < -0.39 is 0 Å². The van der Waals surface area contributed by atoms with Gasteiger partial charge in [0, 0.05) is 31.7 Å². The molecule has 0 unspecified atom stereocenters. The fraction of sp³-hybridized carbons (Fsp3) is 0.529. The van der Waals surface area contributed by atoms with Crippen LogP contribution in [-0.2, 0) is 6.54 Å². The summed E-state index contributed by atoms with van der Waals surface area (Å²) in [5, 5.41) is 3.43. The largest absolute Gasteiger partial charge is 0.311 e. The number of nitrogens with one attached hydrogen (secondary N) is 1. The van der Waals surface area contributed by atoms with E-state index in [1.807, 2.05) is 0 Å². The molecule has 2 nitrogen and oxygen atoms in total. The van der Waals surface area contributed by atoms with Crippen molar-refractivity contribution in [3.63, 3.8) is 0 Å². The molecule has 2 heteroatoms. The molecule has 1 aromatic rings. The molecule has 0 bridgehead atoms. The van der Waals surface area contributed by atoms with Crippen LogP contribution in [0.2, 0.25) is 0 Å². The van der Waals surface area contributed by atoms with E-state index in [1.165, 1.54) is 11.1 Å². The van der Waals surface area contributed by atoms with Gasteiger partial charge < -0.3 is 5.32 Å². The number of nitrogens with zero attached hydrogens (tertiary/aromatic N) is 1. The highest BCUT2D eigenvalue weighted by molar-refractivity contribution is 5.15. The monoisotopic (exact) mass is 260 g/mol. The van der Waals surface area contributed by atoms with E-state index in [4.69, 9.17) is 0 Å². The van der Waals surface area contributed by atoms with Crippen LogP contribution in [0.1, 0.15) is 33.3 Å². The van der Waals surface area contributed by atoms with Crippen LogP contribution in [0.4, 0.5) is 0 Å². The van der Waals surface area contributed by atoms with Crippen LogP contribution in [0.5, 0.6) is 0 Å². The van der Waals surface area contributed by atoms with Crippen molar-refractivity contribution in [2.75, 3.05) is 13.1 Å². The van der Waals surface area contributed by atoms with Crippen molar-refractivity contribution >= 4 is 0 Å². The first kappa shape index (κ1) is 15.9. The van der Waals surface area contributed by atoms with E-state index in [-0.39, 0.29) is 0 Å². The van der Waals surface area contributed by atoms with Gasteiger partial charge in [0.05, 0.1) is 0 Å². The molecule has 0 aliphatic carbocycles. The highest BCUT2D eigenvalue weighted by atomic mass is 15.1. The molecule has 0 atom stereocenters. The minimum Gasteiger partial charge on any atom is -0.311 e. The molecule has 0 aliphatic heterocycles. The summed E-state index contributed by atoms with van der Waals surface area (Å²) in [5.74, 6) is 0. The molecular formula is C17H28N2. The van der Waals surface area contributed by atoms with Crippen molar-refractivity contribution < 1.29 is 0 Å². The van der Waals surface area contributed by atoms with Crippen LogP contribution in [0.25, 0.3) is 0 Å². The highest BCUT2D eigenvalue weighted by Gasteiger charge is 2.11. The third kappa shape index (κ3) is 6.55. The summed E-state index contributed by atoms with van der Waals surface area (Å²) in [4.78, 5) is 2.46. The Hall–Kier alpha value is -1.12. The quantitative estimate of drug-likeness (QED) is 0.720. The Balaban J connectivity index is 2.51. The standard InChI is InChI=1S/C17H28N2/c1-14(2)18-11-16(5)12-19(15(3)4)13-17-9-7-6-8-10-17/h6-10,14-15,18H,5,11-13H2,1-4H3. The second-order valence-electron chi connectivity index (χ2n) is 5.77. The van der Waals surface area contributed by atoms with Gasteiger partial charge in [0.15, 0.2) is 0 Å². The fourth-order valence-corrected chi connectivity index (χ4v) is 1.93. The van der Waals surface area contributed by atoms with Crippen molar-refractivity contribution in [2.24, 2.45) is 0 Å². The molecule has 0 aromatic heterocycles. The normalized spacial score (nSPS) is 11.5. The average Bonchev–Trinajstić information content (AvgIpc) is 2.36. The first-order chi connectivity index (χ1) is 8.99. The third-order valence-corrected chi connectivity index (χ3v) is 3.15. The Morgan fingerprint density at radius 2 is 1.79 bits per heavy atom. The highest BCUT2D eigenvalue weighted by Crippen LogP contribution is 2.10. The molecule has 0 aliphatic rings. The molecule has 1 N–H and O–H groups in total. The van der Waals surface area contributed by atoms with Gasteiger partial charge in [0.25, 0.3) is 0 Å². The smallest absolute Gasteiger partial charge is 0.0239 e. The third-order valence-electron chi connectivity index (χ3n) is 3.15. The van der Waals surface area contributed by atoms with Gasteiger partial charge in [-0.25, -0.2) is 0 Å². The zero-order chi connectivity index (χ0) is 14.3. The average molecular weight is 260 g/mol. The molecule has 0 radical (unpaired) electrons. The van der Waals surface area contributed by atoms with Crippen LogP contribution in [0.3, 0.4) is 0 Å². The molecule has 0 saturated carbocycles. The van der Waals surface area contributed by atoms with E-state index in [0.29, 0.717) is 12.1 Å². The second kappa shape index (κ2) is 8.13. The molecule has 0 spiro atoms. The van der Waals surface area contributed by atoms with Gasteiger partial charge in [-0.3, -0.25) is 4.90 Å². The SMILES string of the molecule is C=C(CNC(C)C)CN(Cc1ccccc1)C(C)C. The number of benzene rings is 1. The van der Waals surface area contributed by atoms with Gasteiger partial charge >= 0.3 is 0 Å². The summed E-state index contributed by atoms with van der Waals surface area (Å²) < 4.78 is 0. The molecule has 19 heavy (non-hydrogen) atoms. The molecule has 0 amide bonds.